The van der Waals surface area contributed by atoms with Gasteiger partial charge < -0.3 is 14.4 Å². The Morgan fingerprint density at radius 1 is 1.04 bits per heavy atom. The topological polar surface area (TPSA) is 76.2 Å². The van der Waals surface area contributed by atoms with E-state index in [1.54, 1.807) is 28.4 Å². The van der Waals surface area contributed by atoms with Gasteiger partial charge in [0.2, 0.25) is 15.9 Å². The maximum atomic E-state index is 12.9. The molecule has 3 heterocycles. The van der Waals surface area contributed by atoms with Gasteiger partial charge in [-0.05, 0) is 29.7 Å². The number of benzene rings is 1. The molecule has 1 amide bonds. The molecule has 148 valence electrons. The summed E-state index contributed by atoms with van der Waals surface area (Å²) in [4.78, 5) is 15.2. The van der Waals surface area contributed by atoms with Crippen molar-refractivity contribution in [3.05, 3.63) is 46.7 Å². The summed E-state index contributed by atoms with van der Waals surface area (Å²) >= 11 is 1.56. The van der Waals surface area contributed by atoms with Crippen molar-refractivity contribution in [3.63, 3.8) is 0 Å². The van der Waals surface area contributed by atoms with Gasteiger partial charge in [0.25, 0.3) is 0 Å². The number of rotatable bonds is 4. The summed E-state index contributed by atoms with van der Waals surface area (Å²) < 4.78 is 38.2. The van der Waals surface area contributed by atoms with Gasteiger partial charge in [0.15, 0.2) is 11.5 Å². The van der Waals surface area contributed by atoms with E-state index in [0.29, 0.717) is 37.8 Å². The van der Waals surface area contributed by atoms with Gasteiger partial charge in [-0.15, -0.1) is 11.3 Å². The molecule has 0 spiro atoms. The van der Waals surface area contributed by atoms with Crippen molar-refractivity contribution in [2.45, 2.75) is 4.90 Å². The smallest absolute Gasteiger partial charge is 0.246 e. The molecule has 1 aromatic carbocycles. The largest absolute Gasteiger partial charge is 0.486 e. The van der Waals surface area contributed by atoms with Crippen LogP contribution in [0.5, 0.6) is 11.5 Å². The van der Waals surface area contributed by atoms with Crippen molar-refractivity contribution in [2.75, 3.05) is 39.4 Å². The van der Waals surface area contributed by atoms with Gasteiger partial charge >= 0.3 is 0 Å². The van der Waals surface area contributed by atoms with Gasteiger partial charge in [0.05, 0.1) is 4.90 Å². The first-order chi connectivity index (χ1) is 13.5. The number of amides is 1. The molecule has 1 aromatic heterocycles. The van der Waals surface area contributed by atoms with Crippen LogP contribution in [0, 0.1) is 0 Å². The average Bonchev–Trinajstić information content (AvgIpc) is 3.25. The fourth-order valence-electron chi connectivity index (χ4n) is 3.13. The van der Waals surface area contributed by atoms with Gasteiger partial charge in [-0.1, -0.05) is 6.07 Å². The second-order valence-electron chi connectivity index (χ2n) is 6.38. The van der Waals surface area contributed by atoms with Crippen LogP contribution in [0.2, 0.25) is 0 Å². The molecule has 0 radical (unpaired) electrons. The summed E-state index contributed by atoms with van der Waals surface area (Å²) in [6.45, 7) is 2.09. The molecule has 0 saturated carbocycles. The fraction of sp³-hybridized carbons (Fsp3) is 0.316. The summed E-state index contributed by atoms with van der Waals surface area (Å²) in [6, 6.07) is 8.52. The molecule has 0 N–H and O–H groups in total. The van der Waals surface area contributed by atoms with Crippen LogP contribution in [-0.4, -0.2) is 62.9 Å². The van der Waals surface area contributed by atoms with Crippen LogP contribution in [0.25, 0.3) is 6.08 Å². The summed E-state index contributed by atoms with van der Waals surface area (Å²) in [7, 11) is -3.65. The zero-order valence-electron chi connectivity index (χ0n) is 15.1. The van der Waals surface area contributed by atoms with Crippen LogP contribution < -0.4 is 9.47 Å². The van der Waals surface area contributed by atoms with Crippen LogP contribution >= 0.6 is 11.3 Å². The van der Waals surface area contributed by atoms with Crippen LogP contribution in [0.3, 0.4) is 0 Å². The summed E-state index contributed by atoms with van der Waals surface area (Å²) in [5.74, 6) is 0.891. The molecule has 28 heavy (non-hydrogen) atoms. The lowest BCUT2D eigenvalue weighted by molar-refractivity contribution is -0.127. The van der Waals surface area contributed by atoms with Gasteiger partial charge in [-0.2, -0.15) is 4.31 Å². The highest BCUT2D eigenvalue weighted by atomic mass is 32.2. The number of hydrogen-bond donors (Lipinski definition) is 0. The van der Waals surface area contributed by atoms with Crippen molar-refractivity contribution in [1.29, 1.82) is 0 Å². The number of fused-ring (bicyclic) bond motifs is 1. The Labute approximate surface area is 167 Å². The van der Waals surface area contributed by atoms with E-state index in [9.17, 15) is 13.2 Å². The van der Waals surface area contributed by atoms with Crippen LogP contribution in [0.4, 0.5) is 0 Å². The van der Waals surface area contributed by atoms with Crippen molar-refractivity contribution >= 4 is 33.3 Å². The Morgan fingerprint density at radius 2 is 1.79 bits per heavy atom. The highest BCUT2D eigenvalue weighted by Gasteiger charge is 2.30. The lowest BCUT2D eigenvalue weighted by Gasteiger charge is -2.33. The number of ether oxygens (including phenoxy) is 2. The minimum Gasteiger partial charge on any atom is -0.486 e. The Hall–Kier alpha value is -2.36. The zero-order valence-corrected chi connectivity index (χ0v) is 16.7. The molecule has 2 aromatic rings. The van der Waals surface area contributed by atoms with Crippen molar-refractivity contribution in [2.24, 2.45) is 0 Å². The van der Waals surface area contributed by atoms with Crippen LogP contribution in [0.15, 0.2) is 46.7 Å². The summed E-state index contributed by atoms with van der Waals surface area (Å²) in [5, 5.41) is 1.95. The molecular formula is C19H20N2O5S2. The van der Waals surface area contributed by atoms with Crippen molar-refractivity contribution < 1.29 is 22.7 Å². The van der Waals surface area contributed by atoms with Gasteiger partial charge in [0, 0.05) is 43.2 Å². The Balaban J connectivity index is 1.40. The van der Waals surface area contributed by atoms with Crippen LogP contribution in [-0.2, 0) is 14.8 Å². The molecule has 0 aliphatic carbocycles. The maximum absolute atomic E-state index is 12.9. The third-order valence-corrected chi connectivity index (χ3v) is 7.37. The molecule has 0 unspecified atom stereocenters. The number of carbonyl (C=O) groups excluding carboxylic acids is 1. The third kappa shape index (κ3) is 3.91. The molecule has 4 rings (SSSR count). The number of hydrogen-bond acceptors (Lipinski definition) is 6. The van der Waals surface area contributed by atoms with Crippen molar-refractivity contribution in [1.82, 2.24) is 9.21 Å². The monoisotopic (exact) mass is 420 g/mol. The molecule has 1 fully saturated rings. The first kappa shape index (κ1) is 19.0. The van der Waals surface area contributed by atoms with E-state index in [-0.39, 0.29) is 23.9 Å². The molecule has 0 atom stereocenters. The highest BCUT2D eigenvalue weighted by Crippen LogP contribution is 2.33. The van der Waals surface area contributed by atoms with E-state index in [1.807, 2.05) is 17.5 Å². The van der Waals surface area contributed by atoms with E-state index in [2.05, 4.69) is 0 Å². The second kappa shape index (κ2) is 7.94. The lowest BCUT2D eigenvalue weighted by atomic mass is 10.3. The van der Waals surface area contributed by atoms with Gasteiger partial charge in [-0.3, -0.25) is 4.79 Å². The summed E-state index contributed by atoms with van der Waals surface area (Å²) in [6.07, 6.45) is 3.32. The van der Waals surface area contributed by atoms with E-state index >= 15 is 0 Å². The van der Waals surface area contributed by atoms with Crippen molar-refractivity contribution in [3.8, 4) is 11.5 Å². The van der Waals surface area contributed by atoms with Gasteiger partial charge in [-0.25, -0.2) is 8.42 Å². The number of sulfonamides is 1. The Morgan fingerprint density at radius 3 is 2.50 bits per heavy atom. The standard InChI is InChI=1S/C19H20N2O5S2/c22-19(6-3-15-2-1-13-27-15)20-7-9-21(10-8-20)28(23,24)16-4-5-17-18(14-16)26-12-11-25-17/h1-6,13-14H,7-12H2. The summed E-state index contributed by atoms with van der Waals surface area (Å²) in [5.41, 5.74) is 0. The minimum atomic E-state index is -3.65. The third-order valence-electron chi connectivity index (χ3n) is 4.64. The predicted molar refractivity (Wildman–Crippen MR) is 106 cm³/mol. The molecular weight excluding hydrogens is 400 g/mol. The Kier molecular flexibility index (Phi) is 5.38. The molecule has 9 heteroatoms. The molecule has 7 nitrogen and oxygen atoms in total. The lowest BCUT2D eigenvalue weighted by Crippen LogP contribution is -2.50. The quantitative estimate of drug-likeness (QED) is 0.708. The molecule has 1 saturated heterocycles. The number of nitrogens with zero attached hydrogens (tertiary/aromatic N) is 2. The van der Waals surface area contributed by atoms with Gasteiger partial charge in [0.1, 0.15) is 13.2 Å². The SMILES string of the molecule is O=C(C=Cc1cccs1)N1CCN(S(=O)(=O)c2ccc3c(c2)OCCO3)CC1. The van der Waals surface area contributed by atoms with E-state index in [0.717, 1.165) is 4.88 Å². The number of thiophene rings is 1. The molecule has 2 aliphatic rings. The van der Waals surface area contributed by atoms with E-state index in [1.165, 1.54) is 22.5 Å². The van der Waals surface area contributed by atoms with E-state index < -0.39 is 10.0 Å². The Bertz CT molecular complexity index is 978. The fourth-order valence-corrected chi connectivity index (χ4v) is 5.18. The first-order valence-electron chi connectivity index (χ1n) is 8.94. The average molecular weight is 421 g/mol. The normalized spacial score (nSPS) is 17.8. The number of carbonyl (C=O) groups is 1. The second-order valence-corrected chi connectivity index (χ2v) is 9.30. The zero-order chi connectivity index (χ0) is 19.6. The maximum Gasteiger partial charge on any atom is 0.246 e. The first-order valence-corrected chi connectivity index (χ1v) is 11.3. The number of piperazine rings is 1. The minimum absolute atomic E-state index is 0.107. The molecule has 0 bridgehead atoms. The van der Waals surface area contributed by atoms with Crippen LogP contribution in [0.1, 0.15) is 4.88 Å². The molecule has 2 aliphatic heterocycles. The van der Waals surface area contributed by atoms with E-state index in [4.69, 9.17) is 9.47 Å². The highest BCUT2D eigenvalue weighted by molar-refractivity contribution is 7.89. The predicted octanol–water partition coefficient (Wildman–Crippen LogP) is 2.07.